The number of rotatable bonds is 2. The average Bonchev–Trinajstić information content (AvgIpc) is 2.35. The van der Waals surface area contributed by atoms with Crippen LogP contribution in [0.15, 0.2) is 28.7 Å². The van der Waals surface area contributed by atoms with Crippen LogP contribution in [0.1, 0.15) is 6.42 Å². The van der Waals surface area contributed by atoms with Crippen molar-refractivity contribution in [2.45, 2.75) is 12.5 Å². The zero-order valence-corrected chi connectivity index (χ0v) is 11.7. The van der Waals surface area contributed by atoms with E-state index in [-0.39, 0.29) is 18.4 Å². The lowest BCUT2D eigenvalue weighted by molar-refractivity contribution is -0.132. The van der Waals surface area contributed by atoms with Crippen molar-refractivity contribution in [3.05, 3.63) is 28.7 Å². The lowest BCUT2D eigenvalue weighted by Crippen LogP contribution is -2.55. The predicted octanol–water partition coefficient (Wildman–Crippen LogP) is 2.01. The molecule has 1 unspecified atom stereocenters. The molecule has 18 heavy (non-hydrogen) atoms. The molecule has 1 saturated heterocycles. The fraction of sp³-hybridized carbons (Fsp3) is 0.385. The van der Waals surface area contributed by atoms with Crippen LogP contribution in [0, 0.1) is 11.3 Å². The number of nitrogens with zero attached hydrogens (tertiary/aromatic N) is 3. The highest BCUT2D eigenvalue weighted by molar-refractivity contribution is 9.10. The Bertz CT molecular complexity index is 497. The van der Waals surface area contributed by atoms with Gasteiger partial charge in [-0.3, -0.25) is 4.79 Å². The number of carbonyl (C=O) groups is 1. The van der Waals surface area contributed by atoms with Crippen molar-refractivity contribution in [1.82, 2.24) is 4.90 Å². The zero-order chi connectivity index (χ0) is 13.1. The highest BCUT2D eigenvalue weighted by Gasteiger charge is 2.32. The van der Waals surface area contributed by atoms with E-state index in [1.807, 2.05) is 29.2 Å². The highest BCUT2D eigenvalue weighted by Crippen LogP contribution is 2.25. The molecule has 1 aromatic carbocycles. The summed E-state index contributed by atoms with van der Waals surface area (Å²) in [5.74, 6) is 0.0165. The molecule has 1 aliphatic rings. The molecule has 1 atom stereocenters. The Hall–Kier alpha value is -1.54. The first-order chi connectivity index (χ1) is 8.63. The largest absolute Gasteiger partial charge is 0.357 e. The standard InChI is InChI=1S/C13H14BrN3O/c1-16-7-8-17(12(5-6-15)13(16)18)11-4-2-3-10(14)9-11/h2-4,9,12H,5,7-8H2,1H3. The summed E-state index contributed by atoms with van der Waals surface area (Å²) in [5, 5.41) is 8.89. The van der Waals surface area contributed by atoms with Crippen LogP contribution < -0.4 is 4.90 Å². The monoisotopic (exact) mass is 307 g/mol. The summed E-state index contributed by atoms with van der Waals surface area (Å²) in [7, 11) is 1.78. The van der Waals surface area contributed by atoms with E-state index in [2.05, 4.69) is 22.0 Å². The number of benzene rings is 1. The molecule has 1 amide bonds. The molecule has 0 aromatic heterocycles. The Kier molecular flexibility index (Phi) is 3.87. The van der Waals surface area contributed by atoms with Crippen molar-refractivity contribution in [2.24, 2.45) is 0 Å². The maximum atomic E-state index is 12.1. The molecule has 1 heterocycles. The van der Waals surface area contributed by atoms with Gasteiger partial charge in [0, 0.05) is 30.3 Å². The van der Waals surface area contributed by atoms with Crippen LogP contribution >= 0.6 is 15.9 Å². The normalized spacial score (nSPS) is 19.8. The van der Waals surface area contributed by atoms with Crippen molar-refractivity contribution >= 4 is 27.5 Å². The van der Waals surface area contributed by atoms with E-state index in [9.17, 15) is 4.79 Å². The summed E-state index contributed by atoms with van der Waals surface area (Å²) in [6, 6.07) is 9.55. The lowest BCUT2D eigenvalue weighted by atomic mass is 10.1. The molecular formula is C13H14BrN3O. The number of hydrogen-bond donors (Lipinski definition) is 0. The molecule has 1 aromatic rings. The summed E-state index contributed by atoms with van der Waals surface area (Å²) in [6.07, 6.45) is 0.218. The van der Waals surface area contributed by atoms with Gasteiger partial charge in [0.25, 0.3) is 0 Å². The molecule has 0 radical (unpaired) electrons. The molecule has 0 bridgehead atoms. The van der Waals surface area contributed by atoms with Crippen LogP contribution in [0.4, 0.5) is 5.69 Å². The van der Waals surface area contributed by atoms with E-state index in [0.29, 0.717) is 6.54 Å². The van der Waals surface area contributed by atoms with Gasteiger partial charge >= 0.3 is 0 Å². The maximum Gasteiger partial charge on any atom is 0.246 e. The van der Waals surface area contributed by atoms with Gasteiger partial charge in [0.15, 0.2) is 0 Å². The van der Waals surface area contributed by atoms with Crippen LogP contribution in [0.2, 0.25) is 0 Å². The minimum atomic E-state index is -0.372. The molecule has 0 spiro atoms. The van der Waals surface area contributed by atoms with Crippen LogP contribution in [-0.2, 0) is 4.79 Å². The van der Waals surface area contributed by atoms with Crippen LogP contribution in [0.25, 0.3) is 0 Å². The Labute approximate surface area is 115 Å². The number of anilines is 1. The van der Waals surface area contributed by atoms with Crippen molar-refractivity contribution in [2.75, 3.05) is 25.0 Å². The topological polar surface area (TPSA) is 47.3 Å². The Balaban J connectivity index is 2.30. The first-order valence-corrected chi connectivity index (χ1v) is 6.57. The minimum absolute atomic E-state index is 0.0165. The van der Waals surface area contributed by atoms with E-state index >= 15 is 0 Å². The Morgan fingerprint density at radius 3 is 2.94 bits per heavy atom. The number of carbonyl (C=O) groups excluding carboxylic acids is 1. The summed E-state index contributed by atoms with van der Waals surface area (Å²) in [6.45, 7) is 1.44. The Morgan fingerprint density at radius 1 is 1.50 bits per heavy atom. The van der Waals surface area contributed by atoms with Crippen molar-refractivity contribution in [3.63, 3.8) is 0 Å². The number of halogens is 1. The smallest absolute Gasteiger partial charge is 0.246 e. The number of hydrogen-bond acceptors (Lipinski definition) is 3. The van der Waals surface area contributed by atoms with Gasteiger partial charge < -0.3 is 9.80 Å². The summed E-state index contributed by atoms with van der Waals surface area (Å²) < 4.78 is 0.974. The number of likely N-dealkylation sites (N-methyl/N-ethyl adjacent to an activating group) is 1. The van der Waals surface area contributed by atoms with Gasteiger partial charge in [0.2, 0.25) is 5.91 Å². The predicted molar refractivity (Wildman–Crippen MR) is 73.1 cm³/mol. The SMILES string of the molecule is CN1CCN(c2cccc(Br)c2)C(CC#N)C1=O. The molecule has 4 nitrogen and oxygen atoms in total. The number of amides is 1. The van der Waals surface area contributed by atoms with Gasteiger partial charge in [-0.2, -0.15) is 5.26 Å². The molecule has 94 valence electrons. The number of piperazine rings is 1. The molecule has 2 rings (SSSR count). The second-order valence-electron chi connectivity index (χ2n) is 4.31. The van der Waals surface area contributed by atoms with E-state index in [4.69, 9.17) is 5.26 Å². The third-order valence-corrected chi connectivity index (χ3v) is 3.63. The van der Waals surface area contributed by atoms with E-state index in [0.717, 1.165) is 16.7 Å². The quantitative estimate of drug-likeness (QED) is 0.839. The molecule has 1 fully saturated rings. The fourth-order valence-electron chi connectivity index (χ4n) is 2.16. The summed E-state index contributed by atoms with van der Waals surface area (Å²) in [4.78, 5) is 15.8. The second kappa shape index (κ2) is 5.40. The van der Waals surface area contributed by atoms with Crippen molar-refractivity contribution in [1.29, 1.82) is 5.26 Å². The molecule has 1 aliphatic heterocycles. The summed E-state index contributed by atoms with van der Waals surface area (Å²) in [5.41, 5.74) is 0.978. The van der Waals surface area contributed by atoms with Gasteiger partial charge in [0.1, 0.15) is 6.04 Å². The number of nitriles is 1. The van der Waals surface area contributed by atoms with E-state index in [1.165, 1.54) is 0 Å². The highest BCUT2D eigenvalue weighted by atomic mass is 79.9. The zero-order valence-electron chi connectivity index (χ0n) is 10.1. The third kappa shape index (κ3) is 2.49. The van der Waals surface area contributed by atoms with Gasteiger partial charge in [-0.05, 0) is 18.2 Å². The fourth-order valence-corrected chi connectivity index (χ4v) is 2.55. The van der Waals surface area contributed by atoms with Gasteiger partial charge in [0.05, 0.1) is 12.5 Å². The van der Waals surface area contributed by atoms with Gasteiger partial charge in [-0.1, -0.05) is 22.0 Å². The van der Waals surface area contributed by atoms with Crippen LogP contribution in [0.5, 0.6) is 0 Å². The lowest BCUT2D eigenvalue weighted by Gasteiger charge is -2.39. The molecule has 0 aliphatic carbocycles. The van der Waals surface area contributed by atoms with Gasteiger partial charge in [-0.25, -0.2) is 0 Å². The van der Waals surface area contributed by atoms with Crippen molar-refractivity contribution < 1.29 is 4.79 Å². The van der Waals surface area contributed by atoms with Crippen LogP contribution in [0.3, 0.4) is 0 Å². The first-order valence-electron chi connectivity index (χ1n) is 5.77. The third-order valence-electron chi connectivity index (χ3n) is 3.14. The molecule has 5 heteroatoms. The van der Waals surface area contributed by atoms with E-state index in [1.54, 1.807) is 11.9 Å². The molecule has 0 N–H and O–H groups in total. The first kappa shape index (κ1) is 12.9. The maximum absolute atomic E-state index is 12.1. The van der Waals surface area contributed by atoms with Crippen LogP contribution in [-0.4, -0.2) is 37.0 Å². The van der Waals surface area contributed by atoms with Crippen molar-refractivity contribution in [3.8, 4) is 6.07 Å². The van der Waals surface area contributed by atoms with Gasteiger partial charge in [-0.15, -0.1) is 0 Å². The second-order valence-corrected chi connectivity index (χ2v) is 5.23. The summed E-state index contributed by atoms with van der Waals surface area (Å²) >= 11 is 3.43. The molecular weight excluding hydrogens is 294 g/mol. The average molecular weight is 308 g/mol. The minimum Gasteiger partial charge on any atom is -0.357 e. The Morgan fingerprint density at radius 2 is 2.28 bits per heavy atom. The van der Waals surface area contributed by atoms with E-state index < -0.39 is 0 Å². The molecule has 0 saturated carbocycles.